The van der Waals surface area contributed by atoms with Gasteiger partial charge in [0.2, 0.25) is 5.91 Å². The van der Waals surface area contributed by atoms with Crippen LogP contribution in [0.25, 0.3) is 0 Å². The molecule has 1 fully saturated rings. The van der Waals surface area contributed by atoms with Gasteiger partial charge in [-0.05, 0) is 33.0 Å². The Balaban J connectivity index is 2.23. The SMILES string of the molecule is COCCNC(=O)CN(C)CC1(O)CCNCC1. The molecule has 1 amide bonds. The number of methoxy groups -OCH3 is 1. The van der Waals surface area contributed by atoms with Gasteiger partial charge >= 0.3 is 0 Å². The van der Waals surface area contributed by atoms with Crippen molar-refractivity contribution in [2.24, 2.45) is 0 Å². The van der Waals surface area contributed by atoms with Gasteiger partial charge in [0.05, 0.1) is 18.8 Å². The van der Waals surface area contributed by atoms with E-state index in [-0.39, 0.29) is 5.91 Å². The number of carbonyl (C=O) groups is 1. The number of carbonyl (C=O) groups excluding carboxylic acids is 1. The van der Waals surface area contributed by atoms with E-state index in [4.69, 9.17) is 4.74 Å². The molecule has 1 heterocycles. The van der Waals surface area contributed by atoms with Gasteiger partial charge in [0, 0.05) is 20.2 Å². The summed E-state index contributed by atoms with van der Waals surface area (Å²) in [5.41, 5.74) is -0.660. The van der Waals surface area contributed by atoms with E-state index in [9.17, 15) is 9.90 Å². The molecule has 1 saturated heterocycles. The second-order valence-corrected chi connectivity index (χ2v) is 4.99. The predicted molar refractivity (Wildman–Crippen MR) is 69.4 cm³/mol. The molecule has 0 atom stereocenters. The van der Waals surface area contributed by atoms with E-state index in [0.717, 1.165) is 25.9 Å². The Kier molecular flexibility index (Phi) is 6.56. The Labute approximate surface area is 109 Å². The molecular weight excluding hydrogens is 234 g/mol. The number of piperidine rings is 1. The van der Waals surface area contributed by atoms with Crippen molar-refractivity contribution in [1.82, 2.24) is 15.5 Å². The average Bonchev–Trinajstić information content (AvgIpc) is 2.29. The van der Waals surface area contributed by atoms with Crippen LogP contribution in [0.2, 0.25) is 0 Å². The average molecular weight is 259 g/mol. The Morgan fingerprint density at radius 2 is 2.17 bits per heavy atom. The molecule has 106 valence electrons. The van der Waals surface area contributed by atoms with Crippen LogP contribution in [-0.2, 0) is 9.53 Å². The van der Waals surface area contributed by atoms with E-state index < -0.39 is 5.60 Å². The number of hydrogen-bond acceptors (Lipinski definition) is 5. The number of hydrogen-bond donors (Lipinski definition) is 3. The molecule has 1 rings (SSSR count). The van der Waals surface area contributed by atoms with Gasteiger partial charge in [0.25, 0.3) is 0 Å². The minimum atomic E-state index is -0.660. The lowest BCUT2D eigenvalue weighted by molar-refractivity contribution is -0.123. The number of aliphatic hydroxyl groups is 1. The maximum Gasteiger partial charge on any atom is 0.234 e. The zero-order chi connectivity index (χ0) is 13.4. The minimum Gasteiger partial charge on any atom is -0.388 e. The Hall–Kier alpha value is -0.690. The van der Waals surface area contributed by atoms with Crippen molar-refractivity contribution < 1.29 is 14.6 Å². The molecule has 0 aromatic heterocycles. The molecule has 18 heavy (non-hydrogen) atoms. The third-order valence-corrected chi connectivity index (χ3v) is 3.14. The number of nitrogens with one attached hydrogen (secondary N) is 2. The first-order chi connectivity index (χ1) is 8.56. The van der Waals surface area contributed by atoms with Crippen molar-refractivity contribution in [3.8, 4) is 0 Å². The van der Waals surface area contributed by atoms with Crippen LogP contribution in [0.5, 0.6) is 0 Å². The summed E-state index contributed by atoms with van der Waals surface area (Å²) in [6, 6.07) is 0. The Morgan fingerprint density at radius 1 is 1.50 bits per heavy atom. The predicted octanol–water partition coefficient (Wildman–Crippen LogP) is -1.20. The summed E-state index contributed by atoms with van der Waals surface area (Å²) in [6.07, 6.45) is 1.48. The Bertz CT molecular complexity index is 255. The fourth-order valence-corrected chi connectivity index (χ4v) is 2.20. The smallest absolute Gasteiger partial charge is 0.234 e. The lowest BCUT2D eigenvalue weighted by Gasteiger charge is -2.35. The van der Waals surface area contributed by atoms with E-state index in [1.54, 1.807) is 7.11 Å². The first kappa shape index (κ1) is 15.4. The molecule has 0 aromatic rings. The van der Waals surface area contributed by atoms with Crippen molar-refractivity contribution in [3.63, 3.8) is 0 Å². The molecule has 0 aromatic carbocycles. The van der Waals surface area contributed by atoms with Gasteiger partial charge in [-0.25, -0.2) is 0 Å². The molecule has 6 heteroatoms. The van der Waals surface area contributed by atoms with Crippen LogP contribution < -0.4 is 10.6 Å². The van der Waals surface area contributed by atoms with Gasteiger partial charge in [-0.1, -0.05) is 0 Å². The lowest BCUT2D eigenvalue weighted by Crippen LogP contribution is -2.50. The van der Waals surface area contributed by atoms with Crippen molar-refractivity contribution in [1.29, 1.82) is 0 Å². The number of ether oxygens (including phenoxy) is 1. The van der Waals surface area contributed by atoms with Crippen molar-refractivity contribution in [2.75, 3.05) is 53.5 Å². The highest BCUT2D eigenvalue weighted by molar-refractivity contribution is 5.77. The number of amides is 1. The molecule has 0 aliphatic carbocycles. The van der Waals surface area contributed by atoms with E-state index in [1.807, 2.05) is 11.9 Å². The van der Waals surface area contributed by atoms with Crippen molar-refractivity contribution in [2.45, 2.75) is 18.4 Å². The van der Waals surface area contributed by atoms with Gasteiger partial charge in [-0.15, -0.1) is 0 Å². The molecule has 0 spiro atoms. The first-order valence-electron chi connectivity index (χ1n) is 6.43. The molecule has 0 radical (unpaired) electrons. The van der Waals surface area contributed by atoms with E-state index in [1.165, 1.54) is 0 Å². The Morgan fingerprint density at radius 3 is 2.78 bits per heavy atom. The van der Waals surface area contributed by atoms with Gasteiger partial charge < -0.3 is 20.5 Å². The third-order valence-electron chi connectivity index (χ3n) is 3.14. The summed E-state index contributed by atoms with van der Waals surface area (Å²) in [6.45, 7) is 3.56. The van der Waals surface area contributed by atoms with E-state index >= 15 is 0 Å². The molecular formula is C12H25N3O3. The van der Waals surface area contributed by atoms with Crippen LogP contribution in [0.1, 0.15) is 12.8 Å². The lowest BCUT2D eigenvalue weighted by atomic mass is 9.92. The summed E-state index contributed by atoms with van der Waals surface area (Å²) >= 11 is 0. The van der Waals surface area contributed by atoms with E-state index in [0.29, 0.717) is 26.2 Å². The highest BCUT2D eigenvalue weighted by atomic mass is 16.5. The number of likely N-dealkylation sites (N-methyl/N-ethyl adjacent to an activating group) is 1. The molecule has 0 saturated carbocycles. The van der Waals surface area contributed by atoms with Crippen molar-refractivity contribution >= 4 is 5.91 Å². The number of rotatable bonds is 7. The van der Waals surface area contributed by atoms with Crippen LogP contribution in [0.15, 0.2) is 0 Å². The van der Waals surface area contributed by atoms with Crippen LogP contribution in [-0.4, -0.2) is 75.0 Å². The third kappa shape index (κ3) is 5.77. The van der Waals surface area contributed by atoms with Gasteiger partial charge in [-0.3, -0.25) is 9.69 Å². The summed E-state index contributed by atoms with van der Waals surface area (Å²) in [7, 11) is 3.46. The highest BCUT2D eigenvalue weighted by Gasteiger charge is 2.30. The maximum atomic E-state index is 11.6. The largest absolute Gasteiger partial charge is 0.388 e. The number of nitrogens with zero attached hydrogens (tertiary/aromatic N) is 1. The molecule has 6 nitrogen and oxygen atoms in total. The zero-order valence-corrected chi connectivity index (χ0v) is 11.4. The second-order valence-electron chi connectivity index (χ2n) is 4.99. The van der Waals surface area contributed by atoms with E-state index in [2.05, 4.69) is 10.6 Å². The summed E-state index contributed by atoms with van der Waals surface area (Å²) in [5.74, 6) is -0.0351. The fraction of sp³-hybridized carbons (Fsp3) is 0.917. The second kappa shape index (κ2) is 7.68. The van der Waals surface area contributed by atoms with Gasteiger partial charge in [0.15, 0.2) is 0 Å². The van der Waals surface area contributed by atoms with Crippen LogP contribution in [0, 0.1) is 0 Å². The van der Waals surface area contributed by atoms with Crippen LogP contribution in [0.4, 0.5) is 0 Å². The zero-order valence-electron chi connectivity index (χ0n) is 11.4. The van der Waals surface area contributed by atoms with Crippen molar-refractivity contribution in [3.05, 3.63) is 0 Å². The molecule has 1 aliphatic rings. The minimum absolute atomic E-state index is 0.0351. The molecule has 0 bridgehead atoms. The molecule has 3 N–H and O–H groups in total. The van der Waals surface area contributed by atoms with Crippen LogP contribution in [0.3, 0.4) is 0 Å². The molecule has 1 aliphatic heterocycles. The summed E-state index contributed by atoms with van der Waals surface area (Å²) in [4.78, 5) is 13.4. The standard InChI is InChI=1S/C12H25N3O3/c1-15(9-11(16)14-7-8-18-2)10-12(17)3-5-13-6-4-12/h13,17H,3-10H2,1-2H3,(H,14,16). The van der Waals surface area contributed by atoms with Gasteiger partial charge in [0.1, 0.15) is 0 Å². The topological polar surface area (TPSA) is 73.8 Å². The van der Waals surface area contributed by atoms with Gasteiger partial charge in [-0.2, -0.15) is 0 Å². The highest BCUT2D eigenvalue weighted by Crippen LogP contribution is 2.18. The molecule has 0 unspecified atom stereocenters. The maximum absolute atomic E-state index is 11.6. The quantitative estimate of drug-likeness (QED) is 0.501. The fourth-order valence-electron chi connectivity index (χ4n) is 2.20. The summed E-state index contributed by atoms with van der Waals surface area (Å²) < 4.78 is 4.86. The summed E-state index contributed by atoms with van der Waals surface area (Å²) in [5, 5.41) is 16.3. The normalized spacial score (nSPS) is 18.9. The monoisotopic (exact) mass is 259 g/mol. The first-order valence-corrected chi connectivity index (χ1v) is 6.43. The van der Waals surface area contributed by atoms with Crippen LogP contribution >= 0.6 is 0 Å².